The average molecular weight is 524 g/mol. The van der Waals surface area contributed by atoms with E-state index in [2.05, 4.69) is 46.8 Å². The number of phosphoric acid groups is 1. The van der Waals surface area contributed by atoms with Crippen molar-refractivity contribution in [3.05, 3.63) is 43.0 Å². The number of nitrogens with one attached hydrogen (secondary N) is 1. The van der Waals surface area contributed by atoms with E-state index in [0.29, 0.717) is 10.7 Å². The lowest BCUT2D eigenvalue weighted by Gasteiger charge is -2.06. The lowest BCUT2D eigenvalue weighted by molar-refractivity contribution is 0.101. The van der Waals surface area contributed by atoms with Crippen LogP contribution in [0.25, 0.3) is 0 Å². The van der Waals surface area contributed by atoms with Crippen LogP contribution in [0.5, 0.6) is 0 Å². The van der Waals surface area contributed by atoms with Gasteiger partial charge in [0.05, 0.1) is 15.2 Å². The van der Waals surface area contributed by atoms with Crippen molar-refractivity contribution >= 4 is 74.5 Å². The minimum Gasteiger partial charge on any atom is -0.319 e. The zero-order valence-electron chi connectivity index (χ0n) is 11.4. The Hall–Kier alpha value is -0.450. The quantitative estimate of drug-likeness (QED) is 0.510. The van der Waals surface area contributed by atoms with Crippen LogP contribution in [0.3, 0.4) is 0 Å². The van der Waals surface area contributed by atoms with Crippen molar-refractivity contribution in [2.24, 2.45) is 0 Å². The molecule has 1 aromatic carbocycles. The van der Waals surface area contributed by atoms with Crippen LogP contribution in [0.4, 0.5) is 5.69 Å². The maximum absolute atomic E-state index is 12.3. The number of aromatic nitrogens is 2. The SMILES string of the molecule is O=C(Nc1ccc(Cl)cc1Cl)c1nn(COP(=O)(O)O)c(Br)c1Br. The molecule has 0 aliphatic carbocycles. The fourth-order valence-corrected chi connectivity index (χ4v) is 3.10. The molecule has 0 saturated carbocycles. The maximum Gasteiger partial charge on any atom is 0.471 e. The van der Waals surface area contributed by atoms with Gasteiger partial charge in [-0.3, -0.25) is 9.32 Å². The molecule has 0 atom stereocenters. The van der Waals surface area contributed by atoms with Gasteiger partial charge >= 0.3 is 7.82 Å². The number of anilines is 1. The van der Waals surface area contributed by atoms with Crippen molar-refractivity contribution in [1.29, 1.82) is 0 Å². The molecule has 0 bridgehead atoms. The Balaban J connectivity index is 2.22. The van der Waals surface area contributed by atoms with Gasteiger partial charge in [-0.2, -0.15) is 5.10 Å². The molecule has 24 heavy (non-hydrogen) atoms. The van der Waals surface area contributed by atoms with Gasteiger partial charge in [-0.15, -0.1) is 0 Å². The Morgan fingerprint density at radius 1 is 1.38 bits per heavy atom. The first-order chi connectivity index (χ1) is 11.1. The molecule has 1 heterocycles. The van der Waals surface area contributed by atoms with Gasteiger partial charge in [0.15, 0.2) is 12.4 Å². The highest BCUT2D eigenvalue weighted by atomic mass is 79.9. The van der Waals surface area contributed by atoms with Crippen LogP contribution in [-0.2, 0) is 15.8 Å². The summed E-state index contributed by atoms with van der Waals surface area (Å²) in [6, 6.07) is 4.55. The van der Waals surface area contributed by atoms with Crippen molar-refractivity contribution < 1.29 is 23.7 Å². The molecule has 130 valence electrons. The third-order valence-electron chi connectivity index (χ3n) is 2.58. The Labute approximate surface area is 162 Å². The Morgan fingerprint density at radius 2 is 2.04 bits per heavy atom. The molecule has 0 fully saturated rings. The third-order valence-corrected chi connectivity index (χ3v) is 5.67. The Morgan fingerprint density at radius 3 is 2.62 bits per heavy atom. The number of amides is 1. The minimum atomic E-state index is -4.67. The predicted molar refractivity (Wildman–Crippen MR) is 95.2 cm³/mol. The molecule has 0 aliphatic rings. The monoisotopic (exact) mass is 521 g/mol. The van der Waals surface area contributed by atoms with E-state index in [-0.39, 0.29) is 19.8 Å². The molecule has 3 N–H and O–H groups in total. The number of rotatable bonds is 5. The van der Waals surface area contributed by atoms with Gasteiger partial charge in [0.1, 0.15) is 4.60 Å². The van der Waals surface area contributed by atoms with Crippen molar-refractivity contribution in [3.63, 3.8) is 0 Å². The first-order valence-electron chi connectivity index (χ1n) is 5.97. The molecule has 0 radical (unpaired) electrons. The van der Waals surface area contributed by atoms with Crippen LogP contribution < -0.4 is 5.32 Å². The van der Waals surface area contributed by atoms with Gasteiger partial charge < -0.3 is 15.1 Å². The molecule has 1 aromatic heterocycles. The van der Waals surface area contributed by atoms with E-state index in [1.165, 1.54) is 12.1 Å². The zero-order valence-corrected chi connectivity index (χ0v) is 17.0. The van der Waals surface area contributed by atoms with Crippen molar-refractivity contribution in [1.82, 2.24) is 9.78 Å². The fourth-order valence-electron chi connectivity index (χ4n) is 1.55. The number of benzene rings is 1. The summed E-state index contributed by atoms with van der Waals surface area (Å²) in [5.41, 5.74) is 0.289. The summed E-state index contributed by atoms with van der Waals surface area (Å²) in [6.07, 6.45) is 0. The molecular formula is C11H8Br2Cl2N3O5P. The van der Waals surface area contributed by atoms with Gasteiger partial charge in [0.2, 0.25) is 0 Å². The summed E-state index contributed by atoms with van der Waals surface area (Å²) in [5, 5.41) is 7.15. The highest BCUT2D eigenvalue weighted by Gasteiger charge is 2.23. The van der Waals surface area contributed by atoms with Gasteiger partial charge in [0.25, 0.3) is 5.91 Å². The number of phosphoric ester groups is 1. The fraction of sp³-hybridized carbons (Fsp3) is 0.0909. The van der Waals surface area contributed by atoms with Crippen LogP contribution in [0.1, 0.15) is 10.5 Å². The van der Waals surface area contributed by atoms with E-state index in [4.69, 9.17) is 33.0 Å². The predicted octanol–water partition coefficient (Wildman–Crippen LogP) is 4.03. The van der Waals surface area contributed by atoms with E-state index in [9.17, 15) is 9.36 Å². The minimum absolute atomic E-state index is 0.0396. The van der Waals surface area contributed by atoms with E-state index in [1.54, 1.807) is 6.07 Å². The van der Waals surface area contributed by atoms with Crippen molar-refractivity contribution in [2.45, 2.75) is 6.73 Å². The number of hydrogen-bond acceptors (Lipinski definition) is 4. The number of hydrogen-bond donors (Lipinski definition) is 3. The Bertz CT molecular complexity index is 841. The molecule has 0 saturated heterocycles. The van der Waals surface area contributed by atoms with Gasteiger partial charge in [-0.1, -0.05) is 23.2 Å². The maximum atomic E-state index is 12.3. The van der Waals surface area contributed by atoms with Gasteiger partial charge in [-0.25, -0.2) is 9.25 Å². The first kappa shape index (κ1) is 19.9. The van der Waals surface area contributed by atoms with Crippen molar-refractivity contribution in [3.8, 4) is 0 Å². The number of nitrogens with zero attached hydrogens (tertiary/aromatic N) is 2. The van der Waals surface area contributed by atoms with Crippen LogP contribution in [-0.4, -0.2) is 25.5 Å². The number of carbonyl (C=O) groups excluding carboxylic acids is 1. The van der Waals surface area contributed by atoms with Gasteiger partial charge in [0, 0.05) is 5.02 Å². The molecule has 8 nitrogen and oxygen atoms in total. The van der Waals surface area contributed by atoms with E-state index in [0.717, 1.165) is 4.68 Å². The van der Waals surface area contributed by atoms with E-state index < -0.39 is 20.5 Å². The second kappa shape index (κ2) is 7.84. The molecule has 0 spiro atoms. The molecule has 13 heteroatoms. The van der Waals surface area contributed by atoms with Crippen LogP contribution >= 0.6 is 62.9 Å². The largest absolute Gasteiger partial charge is 0.471 e. The number of carbonyl (C=O) groups is 1. The van der Waals surface area contributed by atoms with Crippen LogP contribution in [0.2, 0.25) is 10.0 Å². The lowest BCUT2D eigenvalue weighted by atomic mass is 10.3. The second-order valence-electron chi connectivity index (χ2n) is 4.28. The van der Waals surface area contributed by atoms with Gasteiger partial charge in [-0.05, 0) is 50.1 Å². The molecule has 1 amide bonds. The standard InChI is InChI=1S/C11H8Br2Cl2N3O5P/c12-8-9(17-18(10(8)13)4-23-24(20,21)22)11(19)16-7-2-1-5(14)3-6(7)15/h1-3H,4H2,(H,16,19)(H2,20,21,22). The molecule has 0 aliphatic heterocycles. The zero-order chi connectivity index (χ0) is 18.1. The molecule has 2 aromatic rings. The van der Waals surface area contributed by atoms with Crippen LogP contribution in [0, 0.1) is 0 Å². The summed E-state index contributed by atoms with van der Waals surface area (Å²) in [7, 11) is -4.67. The highest BCUT2D eigenvalue weighted by molar-refractivity contribution is 9.13. The normalized spacial score (nSPS) is 11.6. The van der Waals surface area contributed by atoms with E-state index >= 15 is 0 Å². The van der Waals surface area contributed by atoms with E-state index in [1.807, 2.05) is 0 Å². The number of halogens is 4. The van der Waals surface area contributed by atoms with Crippen molar-refractivity contribution in [2.75, 3.05) is 5.32 Å². The van der Waals surface area contributed by atoms with Crippen LogP contribution in [0.15, 0.2) is 27.3 Å². The lowest BCUT2D eigenvalue weighted by Crippen LogP contribution is -2.14. The summed E-state index contributed by atoms with van der Waals surface area (Å²) < 4.78 is 16.7. The third kappa shape index (κ3) is 5.03. The first-order valence-corrected chi connectivity index (χ1v) is 9.84. The molecule has 2 rings (SSSR count). The smallest absolute Gasteiger partial charge is 0.319 e. The summed E-state index contributed by atoms with van der Waals surface area (Å²) >= 11 is 18.1. The molecule has 0 unspecified atom stereocenters. The second-order valence-corrected chi connectivity index (χ2v) is 7.91. The average Bonchev–Trinajstić information content (AvgIpc) is 2.75. The topological polar surface area (TPSA) is 114 Å². The summed E-state index contributed by atoms with van der Waals surface area (Å²) in [4.78, 5) is 29.8. The summed E-state index contributed by atoms with van der Waals surface area (Å²) in [6.45, 7) is -0.557. The summed E-state index contributed by atoms with van der Waals surface area (Å²) in [5.74, 6) is -0.596. The molecular weight excluding hydrogens is 516 g/mol. The Kier molecular flexibility index (Phi) is 6.49. The highest BCUT2D eigenvalue weighted by Crippen LogP contribution is 2.37.